The zero-order valence-corrected chi connectivity index (χ0v) is 20.1. The Kier molecular flexibility index (Phi) is 7.52. The van der Waals surface area contributed by atoms with E-state index in [1.165, 1.54) is 12.0 Å². The van der Waals surface area contributed by atoms with Gasteiger partial charge in [0.05, 0.1) is 24.2 Å². The lowest BCUT2D eigenvalue weighted by molar-refractivity contribution is -0.123. The van der Waals surface area contributed by atoms with E-state index >= 15 is 0 Å². The Hall–Kier alpha value is -4.04. The summed E-state index contributed by atoms with van der Waals surface area (Å²) in [5.41, 5.74) is 3.28. The number of nitrogens with zero attached hydrogens (tertiary/aromatic N) is 1. The number of hydrogen-bond donors (Lipinski definition) is 1. The maximum absolute atomic E-state index is 12.8. The van der Waals surface area contributed by atoms with Crippen LogP contribution in [-0.2, 0) is 16.1 Å². The number of carbonyl (C=O) groups excluding carboxylic acids is 3. The van der Waals surface area contributed by atoms with Crippen LogP contribution in [0, 0.1) is 6.92 Å². The van der Waals surface area contributed by atoms with Crippen LogP contribution in [-0.4, -0.2) is 35.7 Å². The van der Waals surface area contributed by atoms with E-state index in [1.807, 2.05) is 37.3 Å². The van der Waals surface area contributed by atoms with Gasteiger partial charge in [0.15, 0.2) is 6.61 Å². The minimum atomic E-state index is -0.319. The fraction of sp³-hybridized carbons (Fsp3) is 0.148. The summed E-state index contributed by atoms with van der Waals surface area (Å²) in [5.74, 6) is 0.441. The van der Waals surface area contributed by atoms with Gasteiger partial charge in [-0.2, -0.15) is 0 Å². The number of ether oxygens (including phenoxy) is 2. The molecule has 1 aliphatic heterocycles. The third-order valence-electron chi connectivity index (χ3n) is 5.39. The summed E-state index contributed by atoms with van der Waals surface area (Å²) >= 11 is 0.928. The summed E-state index contributed by atoms with van der Waals surface area (Å²) in [5, 5.41) is 2.46. The number of nitrogens with one attached hydrogen (secondary N) is 1. The molecule has 35 heavy (non-hydrogen) atoms. The molecule has 1 N–H and O–H groups in total. The minimum absolute atomic E-state index is 0.171. The number of anilines is 1. The highest BCUT2D eigenvalue weighted by Crippen LogP contribution is 2.34. The number of benzene rings is 3. The number of para-hydroxylation sites is 2. The van der Waals surface area contributed by atoms with Crippen LogP contribution < -0.4 is 14.8 Å². The van der Waals surface area contributed by atoms with Crippen molar-refractivity contribution in [3.63, 3.8) is 0 Å². The summed E-state index contributed by atoms with van der Waals surface area (Å²) < 4.78 is 10.8. The van der Waals surface area contributed by atoms with Gasteiger partial charge in [-0.1, -0.05) is 48.5 Å². The molecule has 0 bridgehead atoms. The minimum Gasteiger partial charge on any atom is -0.495 e. The highest BCUT2D eigenvalue weighted by molar-refractivity contribution is 8.18. The van der Waals surface area contributed by atoms with Crippen LogP contribution in [0.3, 0.4) is 0 Å². The number of methoxy groups -OCH3 is 1. The molecule has 1 saturated heterocycles. The van der Waals surface area contributed by atoms with Crippen LogP contribution in [0.5, 0.6) is 11.5 Å². The maximum Gasteiger partial charge on any atom is 0.293 e. The summed E-state index contributed by atoms with van der Waals surface area (Å²) in [6.07, 6.45) is 1.68. The van der Waals surface area contributed by atoms with Gasteiger partial charge in [-0.15, -0.1) is 0 Å². The fourth-order valence-corrected chi connectivity index (χ4v) is 4.33. The molecule has 0 aromatic heterocycles. The van der Waals surface area contributed by atoms with Crippen LogP contribution in [0.4, 0.5) is 10.5 Å². The van der Waals surface area contributed by atoms with E-state index in [0.29, 0.717) is 22.1 Å². The van der Waals surface area contributed by atoms with Crippen LogP contribution in [0.2, 0.25) is 0 Å². The molecule has 8 heteroatoms. The molecule has 3 amide bonds. The summed E-state index contributed by atoms with van der Waals surface area (Å²) in [6, 6.07) is 21.8. The Labute approximate surface area is 207 Å². The van der Waals surface area contributed by atoms with Crippen molar-refractivity contribution in [3.05, 3.63) is 94.4 Å². The molecule has 0 spiro atoms. The van der Waals surface area contributed by atoms with E-state index in [4.69, 9.17) is 9.47 Å². The van der Waals surface area contributed by atoms with E-state index in [9.17, 15) is 14.4 Å². The molecule has 0 radical (unpaired) electrons. The average molecular weight is 489 g/mol. The lowest BCUT2D eigenvalue weighted by atomic mass is 10.1. The predicted molar refractivity (Wildman–Crippen MR) is 136 cm³/mol. The Morgan fingerprint density at radius 2 is 1.71 bits per heavy atom. The fourth-order valence-electron chi connectivity index (χ4n) is 3.49. The lowest BCUT2D eigenvalue weighted by Gasteiger charge is -2.14. The summed E-state index contributed by atoms with van der Waals surface area (Å²) in [6.45, 7) is 2.03. The standard InChI is InChI=1S/C27H24N2O5S/c1-18-7-3-4-8-20(18)16-29-26(31)24(35-27(29)32)15-19-11-13-21(14-12-19)34-17-25(30)28-22-9-5-6-10-23(22)33-2/h3-15H,16-17H2,1-2H3,(H,28,30)/b24-15-. The SMILES string of the molecule is COc1ccccc1NC(=O)COc1ccc(/C=C2\SC(=O)N(Cc3ccccc3C)C2=O)cc1. The van der Waals surface area contributed by atoms with Crippen LogP contribution >= 0.6 is 11.8 Å². The molecule has 4 rings (SSSR count). The number of thioether (sulfide) groups is 1. The van der Waals surface area contributed by atoms with Crippen molar-refractivity contribution in [3.8, 4) is 11.5 Å². The lowest BCUT2D eigenvalue weighted by Crippen LogP contribution is -2.27. The van der Waals surface area contributed by atoms with Gasteiger partial charge >= 0.3 is 0 Å². The number of rotatable bonds is 8. The van der Waals surface area contributed by atoms with E-state index < -0.39 is 0 Å². The molecule has 3 aromatic carbocycles. The van der Waals surface area contributed by atoms with Crippen molar-refractivity contribution >= 4 is 40.6 Å². The van der Waals surface area contributed by atoms with Crippen molar-refractivity contribution in [2.24, 2.45) is 0 Å². The first-order valence-electron chi connectivity index (χ1n) is 10.9. The molecule has 178 valence electrons. The van der Waals surface area contributed by atoms with Crippen molar-refractivity contribution in [1.82, 2.24) is 4.90 Å². The number of imide groups is 1. The molecular weight excluding hydrogens is 464 g/mol. The molecule has 3 aromatic rings. The van der Waals surface area contributed by atoms with Gasteiger partial charge in [-0.3, -0.25) is 19.3 Å². The first-order valence-corrected chi connectivity index (χ1v) is 11.7. The maximum atomic E-state index is 12.8. The molecule has 7 nitrogen and oxygen atoms in total. The highest BCUT2D eigenvalue weighted by Gasteiger charge is 2.35. The smallest absolute Gasteiger partial charge is 0.293 e. The van der Waals surface area contributed by atoms with E-state index in [2.05, 4.69) is 5.32 Å². The molecule has 0 saturated carbocycles. The molecule has 1 fully saturated rings. The van der Waals surface area contributed by atoms with Gasteiger partial charge in [-0.25, -0.2) is 0 Å². The van der Waals surface area contributed by atoms with Crippen LogP contribution in [0.15, 0.2) is 77.7 Å². The first-order chi connectivity index (χ1) is 16.9. The molecule has 1 heterocycles. The normalized spacial score (nSPS) is 14.3. The van der Waals surface area contributed by atoms with Crippen molar-refractivity contribution in [2.75, 3.05) is 19.0 Å². The largest absolute Gasteiger partial charge is 0.495 e. The zero-order chi connectivity index (χ0) is 24.8. The molecule has 0 unspecified atom stereocenters. The van der Waals surface area contributed by atoms with E-state index in [1.54, 1.807) is 48.5 Å². The molecular formula is C27H24N2O5S. The monoisotopic (exact) mass is 488 g/mol. The Bertz CT molecular complexity index is 1290. The number of carbonyl (C=O) groups is 3. The van der Waals surface area contributed by atoms with E-state index in [0.717, 1.165) is 28.5 Å². The van der Waals surface area contributed by atoms with Gasteiger partial charge in [0.1, 0.15) is 11.5 Å². The third-order valence-corrected chi connectivity index (χ3v) is 6.30. The predicted octanol–water partition coefficient (Wildman–Crippen LogP) is 5.26. The van der Waals surface area contributed by atoms with Gasteiger partial charge in [0, 0.05) is 0 Å². The van der Waals surface area contributed by atoms with Crippen molar-refractivity contribution in [2.45, 2.75) is 13.5 Å². The van der Waals surface area contributed by atoms with Gasteiger partial charge in [-0.05, 0) is 65.7 Å². The van der Waals surface area contributed by atoms with Gasteiger partial charge in [0.2, 0.25) is 0 Å². The second-order valence-electron chi connectivity index (χ2n) is 7.80. The van der Waals surface area contributed by atoms with Gasteiger partial charge < -0.3 is 14.8 Å². The summed E-state index contributed by atoms with van der Waals surface area (Å²) in [7, 11) is 1.54. The average Bonchev–Trinajstić information content (AvgIpc) is 3.12. The molecule has 0 atom stereocenters. The summed E-state index contributed by atoms with van der Waals surface area (Å²) in [4.78, 5) is 39.1. The Balaban J connectivity index is 1.35. The number of aryl methyl sites for hydroxylation is 1. The second kappa shape index (κ2) is 10.9. The number of amides is 3. The quantitative estimate of drug-likeness (QED) is 0.436. The Morgan fingerprint density at radius 1 is 1.00 bits per heavy atom. The highest BCUT2D eigenvalue weighted by atomic mass is 32.2. The van der Waals surface area contributed by atoms with Crippen molar-refractivity contribution < 1.29 is 23.9 Å². The molecule has 1 aliphatic rings. The van der Waals surface area contributed by atoms with Crippen LogP contribution in [0.1, 0.15) is 16.7 Å². The zero-order valence-electron chi connectivity index (χ0n) is 19.3. The Morgan fingerprint density at radius 3 is 2.46 bits per heavy atom. The number of hydrogen-bond acceptors (Lipinski definition) is 6. The third kappa shape index (κ3) is 5.91. The first kappa shape index (κ1) is 24.1. The molecule has 0 aliphatic carbocycles. The van der Waals surface area contributed by atoms with Crippen LogP contribution in [0.25, 0.3) is 6.08 Å². The second-order valence-corrected chi connectivity index (χ2v) is 8.79. The van der Waals surface area contributed by atoms with Gasteiger partial charge in [0.25, 0.3) is 17.1 Å². The van der Waals surface area contributed by atoms with Crippen molar-refractivity contribution in [1.29, 1.82) is 0 Å². The van der Waals surface area contributed by atoms with E-state index in [-0.39, 0.29) is 30.2 Å². The topological polar surface area (TPSA) is 84.9 Å².